The van der Waals surface area contributed by atoms with Gasteiger partial charge in [-0.1, -0.05) is 11.6 Å². The number of fused-ring (bicyclic) bond motifs is 1. The maximum atomic E-state index is 12.3. The van der Waals surface area contributed by atoms with E-state index in [1.165, 1.54) is 6.92 Å². The molecule has 128 valence electrons. The topological polar surface area (TPSA) is 75.7 Å². The minimum atomic E-state index is -0.437. The van der Waals surface area contributed by atoms with Gasteiger partial charge in [-0.05, 0) is 49.4 Å². The molecule has 0 bridgehead atoms. The Morgan fingerprint density at radius 2 is 1.92 bits per heavy atom. The summed E-state index contributed by atoms with van der Waals surface area (Å²) < 4.78 is 5.15. The van der Waals surface area contributed by atoms with Crippen LogP contribution in [0.15, 0.2) is 42.5 Å². The molecular formula is C18H15ClN2O4. The molecule has 0 aromatic heterocycles. The number of benzene rings is 2. The van der Waals surface area contributed by atoms with Crippen LogP contribution in [0, 0.1) is 0 Å². The molecule has 1 aliphatic heterocycles. The van der Waals surface area contributed by atoms with Crippen LogP contribution >= 0.6 is 11.6 Å². The Balaban J connectivity index is 1.72. The van der Waals surface area contributed by atoms with E-state index in [0.717, 1.165) is 0 Å². The third-order valence-electron chi connectivity index (χ3n) is 3.72. The summed E-state index contributed by atoms with van der Waals surface area (Å²) in [4.78, 5) is 36.9. The average molecular weight is 359 g/mol. The molecule has 0 saturated heterocycles. The first-order chi connectivity index (χ1) is 11.9. The Labute approximate surface area is 149 Å². The lowest BCUT2D eigenvalue weighted by atomic mass is 10.1. The number of halogens is 1. The zero-order chi connectivity index (χ0) is 18.0. The van der Waals surface area contributed by atoms with Crippen molar-refractivity contribution < 1.29 is 19.1 Å². The highest BCUT2D eigenvalue weighted by atomic mass is 35.5. The molecule has 1 amide bonds. The van der Waals surface area contributed by atoms with Crippen molar-refractivity contribution in [2.75, 3.05) is 23.3 Å². The summed E-state index contributed by atoms with van der Waals surface area (Å²) in [5.41, 5.74) is 1.73. The van der Waals surface area contributed by atoms with Crippen LogP contribution in [0.2, 0.25) is 5.02 Å². The molecule has 0 atom stereocenters. The first-order valence-electron chi connectivity index (χ1n) is 7.58. The Bertz CT molecular complexity index is 849. The van der Waals surface area contributed by atoms with Crippen molar-refractivity contribution in [2.24, 2.45) is 0 Å². The number of nitrogens with zero attached hydrogens (tertiary/aromatic N) is 1. The van der Waals surface area contributed by atoms with Crippen molar-refractivity contribution in [1.29, 1.82) is 0 Å². The van der Waals surface area contributed by atoms with Gasteiger partial charge in [0.2, 0.25) is 5.91 Å². The molecule has 7 heteroatoms. The maximum Gasteiger partial charge on any atom is 0.331 e. The van der Waals surface area contributed by atoms with Gasteiger partial charge in [0.15, 0.2) is 11.5 Å². The number of carbonyl (C=O) groups is 3. The highest BCUT2D eigenvalue weighted by molar-refractivity contribution is 6.31. The standard InChI is InChI=1S/C18H15ClN2O4/c1-11(22)12-2-5-14(6-3-12)20-17(23)9-21-10-18(24)25-16-7-4-13(19)8-15(16)21/h2-8H,9-10H2,1H3,(H,20,23). The van der Waals surface area contributed by atoms with Crippen LogP contribution in [0.4, 0.5) is 11.4 Å². The van der Waals surface area contributed by atoms with E-state index >= 15 is 0 Å². The van der Waals surface area contributed by atoms with E-state index in [-0.39, 0.29) is 24.8 Å². The number of amides is 1. The van der Waals surface area contributed by atoms with Crippen LogP contribution in [0.1, 0.15) is 17.3 Å². The number of hydrogen-bond acceptors (Lipinski definition) is 5. The van der Waals surface area contributed by atoms with E-state index in [4.69, 9.17) is 16.3 Å². The molecule has 0 aliphatic carbocycles. The number of hydrogen-bond donors (Lipinski definition) is 1. The van der Waals surface area contributed by atoms with Gasteiger partial charge in [0.1, 0.15) is 6.54 Å². The number of carbonyl (C=O) groups excluding carboxylic acids is 3. The Kier molecular flexibility index (Phi) is 4.72. The summed E-state index contributed by atoms with van der Waals surface area (Å²) in [6, 6.07) is 11.5. The zero-order valence-corrected chi connectivity index (χ0v) is 14.2. The predicted molar refractivity (Wildman–Crippen MR) is 94.4 cm³/mol. The van der Waals surface area contributed by atoms with Gasteiger partial charge < -0.3 is 15.0 Å². The van der Waals surface area contributed by atoms with Gasteiger partial charge in [-0.15, -0.1) is 0 Å². The van der Waals surface area contributed by atoms with Crippen LogP contribution < -0.4 is 15.0 Å². The number of nitrogens with one attached hydrogen (secondary N) is 1. The van der Waals surface area contributed by atoms with E-state index in [9.17, 15) is 14.4 Å². The third-order valence-corrected chi connectivity index (χ3v) is 3.95. The highest BCUT2D eigenvalue weighted by Gasteiger charge is 2.26. The smallest absolute Gasteiger partial charge is 0.331 e. The fraction of sp³-hybridized carbons (Fsp3) is 0.167. The predicted octanol–water partition coefficient (Wildman–Crippen LogP) is 2.91. The van der Waals surface area contributed by atoms with E-state index in [0.29, 0.717) is 27.7 Å². The fourth-order valence-electron chi connectivity index (χ4n) is 2.52. The van der Waals surface area contributed by atoms with Crippen molar-refractivity contribution in [3.63, 3.8) is 0 Å². The van der Waals surface area contributed by atoms with E-state index in [2.05, 4.69) is 5.32 Å². The van der Waals surface area contributed by atoms with E-state index < -0.39 is 5.97 Å². The number of esters is 1. The van der Waals surface area contributed by atoms with Gasteiger partial charge in [0.05, 0.1) is 12.2 Å². The lowest BCUT2D eigenvalue weighted by Crippen LogP contribution is -2.41. The third kappa shape index (κ3) is 3.97. The van der Waals surface area contributed by atoms with Crippen LogP contribution in [0.5, 0.6) is 5.75 Å². The molecule has 2 aromatic carbocycles. The maximum absolute atomic E-state index is 12.3. The van der Waals surface area contributed by atoms with Crippen molar-refractivity contribution in [3.05, 3.63) is 53.1 Å². The summed E-state index contributed by atoms with van der Waals surface area (Å²) in [6.07, 6.45) is 0. The van der Waals surface area contributed by atoms with Gasteiger partial charge in [-0.25, -0.2) is 4.79 Å². The molecule has 1 N–H and O–H groups in total. The Hall–Kier alpha value is -2.86. The van der Waals surface area contributed by atoms with Crippen LogP contribution in [-0.4, -0.2) is 30.7 Å². The number of rotatable bonds is 4. The van der Waals surface area contributed by atoms with E-state index in [1.54, 1.807) is 47.4 Å². The number of ether oxygens (including phenoxy) is 1. The van der Waals surface area contributed by atoms with Gasteiger partial charge >= 0.3 is 5.97 Å². The molecule has 2 aromatic rings. The van der Waals surface area contributed by atoms with Crippen LogP contribution in [-0.2, 0) is 9.59 Å². The number of Topliss-reactive ketones (excluding diaryl/α,β-unsaturated/α-hetero) is 1. The monoisotopic (exact) mass is 358 g/mol. The van der Waals surface area contributed by atoms with Crippen molar-refractivity contribution in [1.82, 2.24) is 0 Å². The van der Waals surface area contributed by atoms with Gasteiger partial charge in [-0.2, -0.15) is 0 Å². The summed E-state index contributed by atoms with van der Waals surface area (Å²) in [5.74, 6) is -0.401. The summed E-state index contributed by atoms with van der Waals surface area (Å²) in [5, 5.41) is 3.23. The molecular weight excluding hydrogens is 344 g/mol. The summed E-state index contributed by atoms with van der Waals surface area (Å²) in [7, 11) is 0. The SMILES string of the molecule is CC(=O)c1ccc(NC(=O)CN2CC(=O)Oc3ccc(Cl)cc32)cc1. The van der Waals surface area contributed by atoms with Gasteiger partial charge in [0, 0.05) is 16.3 Å². The molecule has 3 rings (SSSR count). The average Bonchev–Trinajstić information content (AvgIpc) is 2.56. The van der Waals surface area contributed by atoms with Gasteiger partial charge in [0.25, 0.3) is 0 Å². The molecule has 0 fully saturated rings. The molecule has 0 spiro atoms. The largest absolute Gasteiger partial charge is 0.423 e. The van der Waals surface area contributed by atoms with Gasteiger partial charge in [-0.3, -0.25) is 9.59 Å². The first kappa shape index (κ1) is 17.0. The van der Waals surface area contributed by atoms with Crippen molar-refractivity contribution in [3.8, 4) is 5.75 Å². The highest BCUT2D eigenvalue weighted by Crippen LogP contribution is 2.34. The molecule has 6 nitrogen and oxygen atoms in total. The first-order valence-corrected chi connectivity index (χ1v) is 7.96. The minimum absolute atomic E-state index is 0.0309. The number of anilines is 2. The molecule has 25 heavy (non-hydrogen) atoms. The fourth-order valence-corrected chi connectivity index (χ4v) is 2.69. The van der Waals surface area contributed by atoms with Crippen molar-refractivity contribution in [2.45, 2.75) is 6.92 Å². The molecule has 0 radical (unpaired) electrons. The minimum Gasteiger partial charge on any atom is -0.423 e. The lowest BCUT2D eigenvalue weighted by molar-refractivity contribution is -0.133. The second kappa shape index (κ2) is 6.94. The molecule has 1 heterocycles. The molecule has 0 unspecified atom stereocenters. The Morgan fingerprint density at radius 1 is 1.20 bits per heavy atom. The Morgan fingerprint density at radius 3 is 2.60 bits per heavy atom. The lowest BCUT2D eigenvalue weighted by Gasteiger charge is -2.29. The molecule has 0 saturated carbocycles. The normalized spacial score (nSPS) is 13.0. The van der Waals surface area contributed by atoms with Crippen molar-refractivity contribution >= 4 is 40.6 Å². The van der Waals surface area contributed by atoms with Crippen LogP contribution in [0.25, 0.3) is 0 Å². The second-order valence-electron chi connectivity index (χ2n) is 5.62. The molecule has 1 aliphatic rings. The zero-order valence-electron chi connectivity index (χ0n) is 13.4. The number of ketones is 1. The quantitative estimate of drug-likeness (QED) is 0.516. The summed E-state index contributed by atoms with van der Waals surface area (Å²) >= 11 is 5.99. The van der Waals surface area contributed by atoms with Crippen LogP contribution in [0.3, 0.4) is 0 Å². The van der Waals surface area contributed by atoms with E-state index in [1.807, 2.05) is 0 Å². The second-order valence-corrected chi connectivity index (χ2v) is 6.06. The summed E-state index contributed by atoms with van der Waals surface area (Å²) in [6.45, 7) is 1.41.